The molecule has 5 heteroatoms. The Kier molecular flexibility index (Phi) is 2.03. The highest BCUT2D eigenvalue weighted by Gasteiger charge is 2.32. The lowest BCUT2D eigenvalue weighted by Gasteiger charge is -2.15. The molecule has 0 amide bonds. The van der Waals surface area contributed by atoms with E-state index in [2.05, 4.69) is 5.10 Å². The molecule has 5 nitrogen and oxygen atoms in total. The lowest BCUT2D eigenvalue weighted by Crippen LogP contribution is -2.29. The third kappa shape index (κ3) is 1.49. The lowest BCUT2D eigenvalue weighted by atomic mass is 9.90. The molecule has 0 aliphatic carbocycles. The van der Waals surface area contributed by atoms with Crippen molar-refractivity contribution in [3.63, 3.8) is 0 Å². The van der Waals surface area contributed by atoms with Crippen molar-refractivity contribution in [3.05, 3.63) is 11.8 Å². The highest BCUT2D eigenvalue weighted by molar-refractivity contribution is 5.79. The Bertz CT molecular complexity index is 322. The predicted molar refractivity (Wildman–Crippen MR) is 48.3 cm³/mol. The first kappa shape index (κ1) is 9.57. The van der Waals surface area contributed by atoms with E-state index >= 15 is 0 Å². The average Bonchev–Trinajstić information content (AvgIpc) is 2.32. The van der Waals surface area contributed by atoms with Crippen LogP contribution in [0.1, 0.15) is 19.5 Å². The minimum Gasteiger partial charge on any atom is -0.481 e. The van der Waals surface area contributed by atoms with E-state index in [9.17, 15) is 4.79 Å². The number of hydrogen-bond donors (Lipinski definition) is 2. The van der Waals surface area contributed by atoms with Crippen molar-refractivity contribution in [2.24, 2.45) is 7.05 Å². The van der Waals surface area contributed by atoms with Crippen molar-refractivity contribution in [2.45, 2.75) is 19.3 Å². The molecule has 0 fully saturated rings. The van der Waals surface area contributed by atoms with Crippen LogP contribution >= 0.6 is 0 Å². The highest BCUT2D eigenvalue weighted by atomic mass is 16.4. The zero-order chi connectivity index (χ0) is 10.2. The number of rotatable bonds is 2. The summed E-state index contributed by atoms with van der Waals surface area (Å²) in [6, 6.07) is 1.58. The van der Waals surface area contributed by atoms with Crippen molar-refractivity contribution >= 4 is 11.8 Å². The molecule has 1 rings (SSSR count). The van der Waals surface area contributed by atoms with Gasteiger partial charge in [-0.2, -0.15) is 5.10 Å². The molecule has 0 spiro atoms. The molecule has 72 valence electrons. The minimum absolute atomic E-state index is 0.462. The first-order valence-corrected chi connectivity index (χ1v) is 3.89. The summed E-state index contributed by atoms with van der Waals surface area (Å²) in [6.45, 7) is 3.19. The van der Waals surface area contributed by atoms with Crippen LogP contribution in [0.2, 0.25) is 0 Å². The molecule has 0 saturated heterocycles. The van der Waals surface area contributed by atoms with Crippen LogP contribution in [0.25, 0.3) is 0 Å². The van der Waals surface area contributed by atoms with E-state index in [1.54, 1.807) is 27.0 Å². The predicted octanol–water partition coefficient (Wildman–Crippen LogP) is 0.365. The number of nitrogens with zero attached hydrogens (tertiary/aromatic N) is 2. The summed E-state index contributed by atoms with van der Waals surface area (Å²) in [4.78, 5) is 10.9. The van der Waals surface area contributed by atoms with E-state index in [1.807, 2.05) is 0 Å². The van der Waals surface area contributed by atoms with Crippen molar-refractivity contribution in [2.75, 3.05) is 5.73 Å². The SMILES string of the molecule is Cn1nc(C(C)(C)C(=O)O)cc1N. The van der Waals surface area contributed by atoms with Crippen LogP contribution in [0.3, 0.4) is 0 Å². The van der Waals surface area contributed by atoms with E-state index in [0.717, 1.165) is 0 Å². The number of nitrogen functional groups attached to an aromatic ring is 1. The number of aromatic nitrogens is 2. The molecule has 1 aromatic rings. The summed E-state index contributed by atoms with van der Waals surface area (Å²) in [5.74, 6) is -0.449. The number of hydrogen-bond acceptors (Lipinski definition) is 3. The molecule has 0 bridgehead atoms. The van der Waals surface area contributed by atoms with Gasteiger partial charge in [-0.15, -0.1) is 0 Å². The number of anilines is 1. The molecule has 1 heterocycles. The number of carboxylic acids is 1. The van der Waals surface area contributed by atoms with Crippen LogP contribution in [-0.2, 0) is 17.3 Å². The van der Waals surface area contributed by atoms with Crippen molar-refractivity contribution in [1.29, 1.82) is 0 Å². The van der Waals surface area contributed by atoms with Gasteiger partial charge in [-0.05, 0) is 13.8 Å². The van der Waals surface area contributed by atoms with Gasteiger partial charge in [-0.1, -0.05) is 0 Å². The van der Waals surface area contributed by atoms with Gasteiger partial charge in [0, 0.05) is 13.1 Å². The summed E-state index contributed by atoms with van der Waals surface area (Å²) in [5.41, 5.74) is 5.03. The zero-order valence-corrected chi connectivity index (χ0v) is 7.90. The Hall–Kier alpha value is -1.52. The van der Waals surface area contributed by atoms with Gasteiger partial charge in [-0.3, -0.25) is 9.48 Å². The molecule has 0 unspecified atom stereocenters. The third-order valence-corrected chi connectivity index (χ3v) is 2.09. The number of carboxylic acid groups (broad SMARTS) is 1. The second-order valence-electron chi connectivity index (χ2n) is 3.51. The van der Waals surface area contributed by atoms with E-state index in [4.69, 9.17) is 10.8 Å². The van der Waals surface area contributed by atoms with Crippen LogP contribution < -0.4 is 5.73 Å². The number of aryl methyl sites for hydroxylation is 1. The summed E-state index contributed by atoms with van der Waals surface area (Å²) < 4.78 is 1.46. The molecular weight excluding hydrogens is 170 g/mol. The zero-order valence-electron chi connectivity index (χ0n) is 7.90. The van der Waals surface area contributed by atoms with Crippen molar-refractivity contribution < 1.29 is 9.90 Å². The van der Waals surface area contributed by atoms with Crippen molar-refractivity contribution in [1.82, 2.24) is 9.78 Å². The molecule has 0 aliphatic rings. The van der Waals surface area contributed by atoms with Gasteiger partial charge < -0.3 is 10.8 Å². The molecule has 0 aliphatic heterocycles. The van der Waals surface area contributed by atoms with E-state index < -0.39 is 11.4 Å². The molecular formula is C8H13N3O2. The Morgan fingerprint density at radius 3 is 2.54 bits per heavy atom. The standard InChI is InChI=1S/C8H13N3O2/c1-8(2,7(12)13)5-4-6(9)11(3)10-5/h4H,9H2,1-3H3,(H,12,13). The fourth-order valence-electron chi connectivity index (χ4n) is 0.897. The maximum Gasteiger partial charge on any atom is 0.315 e. The lowest BCUT2D eigenvalue weighted by molar-refractivity contribution is -0.142. The van der Waals surface area contributed by atoms with Gasteiger partial charge in [0.05, 0.1) is 5.69 Å². The second kappa shape index (κ2) is 2.76. The first-order chi connectivity index (χ1) is 5.85. The molecule has 0 atom stereocenters. The molecule has 3 N–H and O–H groups in total. The summed E-state index contributed by atoms with van der Waals surface area (Å²) in [6.07, 6.45) is 0. The smallest absolute Gasteiger partial charge is 0.315 e. The molecule has 0 saturated carbocycles. The van der Waals surface area contributed by atoms with Gasteiger partial charge in [0.2, 0.25) is 0 Å². The van der Waals surface area contributed by atoms with Crippen LogP contribution in [0, 0.1) is 0 Å². The monoisotopic (exact) mass is 183 g/mol. The highest BCUT2D eigenvalue weighted by Crippen LogP contribution is 2.23. The number of aliphatic carboxylic acids is 1. The number of nitrogens with two attached hydrogens (primary N) is 1. The average molecular weight is 183 g/mol. The van der Waals surface area contributed by atoms with Gasteiger partial charge in [0.15, 0.2) is 0 Å². The third-order valence-electron chi connectivity index (χ3n) is 2.09. The van der Waals surface area contributed by atoms with E-state index in [-0.39, 0.29) is 0 Å². The van der Waals surface area contributed by atoms with Gasteiger partial charge >= 0.3 is 5.97 Å². The van der Waals surface area contributed by atoms with Gasteiger partial charge in [-0.25, -0.2) is 0 Å². The Balaban J connectivity index is 3.15. The van der Waals surface area contributed by atoms with Crippen LogP contribution in [0.4, 0.5) is 5.82 Å². The van der Waals surface area contributed by atoms with Crippen LogP contribution in [-0.4, -0.2) is 20.9 Å². The maximum atomic E-state index is 10.9. The Morgan fingerprint density at radius 1 is 1.69 bits per heavy atom. The molecule has 1 aromatic heterocycles. The minimum atomic E-state index is -0.991. The van der Waals surface area contributed by atoms with E-state index in [0.29, 0.717) is 11.5 Å². The number of carbonyl (C=O) groups is 1. The Labute approximate surface area is 76.2 Å². The fourth-order valence-corrected chi connectivity index (χ4v) is 0.897. The van der Waals surface area contributed by atoms with Crippen LogP contribution in [0.15, 0.2) is 6.07 Å². The largest absolute Gasteiger partial charge is 0.481 e. The van der Waals surface area contributed by atoms with Crippen molar-refractivity contribution in [3.8, 4) is 0 Å². The second-order valence-corrected chi connectivity index (χ2v) is 3.51. The molecule has 0 radical (unpaired) electrons. The summed E-state index contributed by atoms with van der Waals surface area (Å²) in [5, 5.41) is 12.9. The fraction of sp³-hybridized carbons (Fsp3) is 0.500. The quantitative estimate of drug-likeness (QED) is 0.693. The normalized spacial score (nSPS) is 11.6. The maximum absolute atomic E-state index is 10.9. The van der Waals surface area contributed by atoms with Crippen LogP contribution in [0.5, 0.6) is 0 Å². The topological polar surface area (TPSA) is 81.1 Å². The van der Waals surface area contributed by atoms with E-state index in [1.165, 1.54) is 4.68 Å². The summed E-state index contributed by atoms with van der Waals surface area (Å²) in [7, 11) is 1.68. The first-order valence-electron chi connectivity index (χ1n) is 3.89. The molecule has 0 aromatic carbocycles. The Morgan fingerprint density at radius 2 is 2.23 bits per heavy atom. The van der Waals surface area contributed by atoms with Gasteiger partial charge in [0.25, 0.3) is 0 Å². The molecule has 13 heavy (non-hydrogen) atoms. The van der Waals surface area contributed by atoms with Gasteiger partial charge in [0.1, 0.15) is 11.2 Å². The summed E-state index contributed by atoms with van der Waals surface area (Å²) >= 11 is 0.